The number of hydrogen-bond acceptors (Lipinski definition) is 7. The van der Waals surface area contributed by atoms with E-state index in [1.54, 1.807) is 24.1 Å². The van der Waals surface area contributed by atoms with Crippen LogP contribution in [0.15, 0.2) is 23.3 Å². The molecule has 232 valence electrons. The fourth-order valence-corrected chi connectivity index (χ4v) is 6.96. The lowest BCUT2D eigenvalue weighted by Gasteiger charge is -2.43. The molecule has 0 bridgehead atoms. The third-order valence-corrected chi connectivity index (χ3v) is 9.37. The number of ether oxygens (including phenoxy) is 2. The number of nitrogens with zero attached hydrogens (tertiary/aromatic N) is 4. The number of fused-ring (bicyclic) bond motifs is 1. The Morgan fingerprint density at radius 3 is 2.24 bits per heavy atom. The highest BCUT2D eigenvalue weighted by atomic mass is 35.5. The summed E-state index contributed by atoms with van der Waals surface area (Å²) in [7, 11) is 3.24. The zero-order chi connectivity index (χ0) is 28.9. The van der Waals surface area contributed by atoms with Crippen molar-refractivity contribution >= 4 is 35.8 Å². The van der Waals surface area contributed by atoms with E-state index >= 15 is 0 Å². The average Bonchev–Trinajstić information content (AvgIpc) is 3.03. The normalized spacial score (nSPS) is 23.8. The average molecular weight is 604 g/mol. The molecule has 11 heteroatoms. The predicted molar refractivity (Wildman–Crippen MR) is 163 cm³/mol. The van der Waals surface area contributed by atoms with E-state index in [4.69, 9.17) is 20.3 Å². The molecule has 3 amide bonds. The zero-order valence-corrected chi connectivity index (χ0v) is 25.8. The molecule has 5 rings (SSSR count). The first-order chi connectivity index (χ1) is 19.9. The van der Waals surface area contributed by atoms with Gasteiger partial charge in [-0.3, -0.25) is 14.4 Å². The second-order valence-corrected chi connectivity index (χ2v) is 11.9. The highest BCUT2D eigenvalue weighted by molar-refractivity contribution is 6.07. The van der Waals surface area contributed by atoms with E-state index in [0.717, 1.165) is 62.9 Å². The van der Waals surface area contributed by atoms with Gasteiger partial charge in [0, 0.05) is 50.0 Å². The van der Waals surface area contributed by atoms with E-state index in [9.17, 15) is 14.4 Å². The molecule has 3 fully saturated rings. The summed E-state index contributed by atoms with van der Waals surface area (Å²) in [6, 6.07) is 5.09. The van der Waals surface area contributed by atoms with Crippen molar-refractivity contribution in [1.82, 2.24) is 14.8 Å². The third-order valence-electron chi connectivity index (χ3n) is 9.37. The highest BCUT2D eigenvalue weighted by Crippen LogP contribution is 2.40. The number of amides is 3. The smallest absolute Gasteiger partial charge is 0.246 e. The number of rotatable bonds is 8. The Kier molecular flexibility index (Phi) is 11.1. The minimum absolute atomic E-state index is 0. The van der Waals surface area contributed by atoms with Crippen molar-refractivity contribution in [2.45, 2.75) is 82.7 Å². The van der Waals surface area contributed by atoms with E-state index < -0.39 is 6.04 Å². The van der Waals surface area contributed by atoms with Crippen LogP contribution in [0, 0.1) is 11.8 Å². The van der Waals surface area contributed by atoms with Gasteiger partial charge in [0.1, 0.15) is 0 Å². The molecule has 1 aliphatic carbocycles. The summed E-state index contributed by atoms with van der Waals surface area (Å²) < 4.78 is 11.0. The highest BCUT2D eigenvalue weighted by Gasteiger charge is 2.44. The van der Waals surface area contributed by atoms with Crippen LogP contribution in [0.4, 0.5) is 0 Å². The summed E-state index contributed by atoms with van der Waals surface area (Å²) in [6.45, 7) is 2.66. The first kappa shape index (κ1) is 32.1. The van der Waals surface area contributed by atoms with Crippen LogP contribution < -0.4 is 15.2 Å². The van der Waals surface area contributed by atoms with Crippen LogP contribution in [0.3, 0.4) is 0 Å². The first-order valence-electron chi connectivity index (χ1n) is 15.4. The van der Waals surface area contributed by atoms with E-state index in [0.29, 0.717) is 50.3 Å². The summed E-state index contributed by atoms with van der Waals surface area (Å²) in [4.78, 5) is 43.0. The number of hydrogen-bond donors (Lipinski definition) is 1. The molecule has 0 aromatic heterocycles. The summed E-state index contributed by atoms with van der Waals surface area (Å²) >= 11 is 0. The molecule has 1 aromatic carbocycles. The van der Waals surface area contributed by atoms with E-state index in [1.165, 1.54) is 6.42 Å². The number of methoxy groups -OCH3 is 2. The van der Waals surface area contributed by atoms with Gasteiger partial charge >= 0.3 is 0 Å². The number of benzene rings is 1. The molecule has 2 N–H and O–H groups in total. The van der Waals surface area contributed by atoms with Gasteiger partial charge in [0.05, 0.1) is 32.0 Å². The van der Waals surface area contributed by atoms with E-state index in [2.05, 4.69) is 0 Å². The molecule has 3 atom stereocenters. The Morgan fingerprint density at radius 2 is 1.57 bits per heavy atom. The third kappa shape index (κ3) is 6.86. The fourth-order valence-electron chi connectivity index (χ4n) is 6.96. The van der Waals surface area contributed by atoms with Crippen molar-refractivity contribution in [3.05, 3.63) is 23.8 Å². The Labute approximate surface area is 255 Å². The van der Waals surface area contributed by atoms with Gasteiger partial charge < -0.3 is 25.0 Å². The summed E-state index contributed by atoms with van der Waals surface area (Å²) in [5, 5.41) is 6.72. The molecule has 0 spiro atoms. The Hall–Kier alpha value is -2.85. The SMILES string of the molecule is COc1ccc(C2=NN(C3CCN(C(=O)[C@@H](N)CCC(=O)N4CCCCC4)CC3)C(=O)[C@@H]3CCCC[C@H]23)cc1OC.Cl. The molecule has 1 saturated carbocycles. The lowest BCUT2D eigenvalue weighted by Crippen LogP contribution is -2.54. The number of nitrogens with two attached hydrogens (primary N) is 1. The molecule has 4 aliphatic rings. The standard InChI is InChI=1S/C31H45N5O5.ClH/c1-40-26-12-10-21(20-27(26)41-2)29-23-8-4-5-9-24(23)30(38)36(33-29)22-14-18-35(19-15-22)31(39)25(32)11-13-28(37)34-16-6-3-7-17-34;/h10,12,20,22-25H,3-9,11,13-19,32H2,1-2H3;1H/t23-,24+,25-;/m0./s1. The van der Waals surface area contributed by atoms with Crippen molar-refractivity contribution in [2.75, 3.05) is 40.4 Å². The number of piperidine rings is 2. The van der Waals surface area contributed by atoms with Gasteiger partial charge in [0.15, 0.2) is 11.5 Å². The Bertz CT molecular complexity index is 1150. The van der Waals surface area contributed by atoms with Crippen molar-refractivity contribution in [2.24, 2.45) is 22.7 Å². The van der Waals surface area contributed by atoms with Gasteiger partial charge in [-0.05, 0) is 69.6 Å². The molecule has 3 heterocycles. The van der Waals surface area contributed by atoms with Gasteiger partial charge in [-0.15, -0.1) is 12.4 Å². The van der Waals surface area contributed by atoms with Gasteiger partial charge in [-0.25, -0.2) is 5.01 Å². The summed E-state index contributed by atoms with van der Waals surface area (Å²) in [6.07, 6.45) is 9.19. The quantitative estimate of drug-likeness (QED) is 0.485. The number of carbonyl (C=O) groups excluding carboxylic acids is 3. The van der Waals surface area contributed by atoms with E-state index in [1.807, 2.05) is 23.1 Å². The second kappa shape index (κ2) is 14.6. The van der Waals surface area contributed by atoms with Crippen LogP contribution in [0.5, 0.6) is 11.5 Å². The molecule has 3 aliphatic heterocycles. The van der Waals surface area contributed by atoms with Crippen molar-refractivity contribution in [3.63, 3.8) is 0 Å². The number of halogens is 1. The maximum Gasteiger partial charge on any atom is 0.246 e. The summed E-state index contributed by atoms with van der Waals surface area (Å²) in [5.41, 5.74) is 8.15. The van der Waals surface area contributed by atoms with Crippen LogP contribution in [-0.2, 0) is 14.4 Å². The van der Waals surface area contributed by atoms with Gasteiger partial charge in [0.2, 0.25) is 17.7 Å². The van der Waals surface area contributed by atoms with Crippen molar-refractivity contribution in [3.8, 4) is 11.5 Å². The molecule has 10 nitrogen and oxygen atoms in total. The van der Waals surface area contributed by atoms with Gasteiger partial charge in [-0.2, -0.15) is 5.10 Å². The largest absolute Gasteiger partial charge is 0.493 e. The van der Waals surface area contributed by atoms with Crippen LogP contribution in [0.1, 0.15) is 76.2 Å². The molecule has 42 heavy (non-hydrogen) atoms. The van der Waals surface area contributed by atoms with Crippen LogP contribution in [-0.4, -0.2) is 90.7 Å². The first-order valence-corrected chi connectivity index (χ1v) is 15.4. The Balaban J connectivity index is 0.00000405. The molecular formula is C31H46ClN5O5. The number of likely N-dealkylation sites (tertiary alicyclic amines) is 2. The minimum atomic E-state index is -0.686. The van der Waals surface area contributed by atoms with Gasteiger partial charge in [-0.1, -0.05) is 12.8 Å². The lowest BCUT2D eigenvalue weighted by molar-refractivity contribution is -0.143. The monoisotopic (exact) mass is 603 g/mol. The second-order valence-electron chi connectivity index (χ2n) is 11.9. The maximum atomic E-state index is 13.7. The molecule has 1 aromatic rings. The van der Waals surface area contributed by atoms with Gasteiger partial charge in [0.25, 0.3) is 0 Å². The zero-order valence-electron chi connectivity index (χ0n) is 25.0. The lowest BCUT2D eigenvalue weighted by atomic mass is 9.73. The number of carbonyl (C=O) groups is 3. The van der Waals surface area contributed by atoms with Crippen LogP contribution in [0.25, 0.3) is 0 Å². The fraction of sp³-hybridized carbons (Fsp3) is 0.677. The predicted octanol–water partition coefficient (Wildman–Crippen LogP) is 3.59. The topological polar surface area (TPSA) is 118 Å². The van der Waals surface area contributed by atoms with Crippen LogP contribution in [0.2, 0.25) is 0 Å². The molecular weight excluding hydrogens is 558 g/mol. The molecule has 2 saturated heterocycles. The minimum Gasteiger partial charge on any atom is -0.493 e. The number of hydrazone groups is 1. The van der Waals surface area contributed by atoms with Crippen molar-refractivity contribution in [1.29, 1.82) is 0 Å². The van der Waals surface area contributed by atoms with E-state index in [-0.39, 0.29) is 48.0 Å². The summed E-state index contributed by atoms with van der Waals surface area (Å²) in [5.74, 6) is 1.42. The van der Waals surface area contributed by atoms with Crippen LogP contribution >= 0.6 is 12.4 Å². The Morgan fingerprint density at radius 1 is 0.905 bits per heavy atom. The molecule has 0 unspecified atom stereocenters. The maximum absolute atomic E-state index is 13.7. The van der Waals surface area contributed by atoms with Crippen molar-refractivity contribution < 1.29 is 23.9 Å². The molecule has 0 radical (unpaired) electrons.